The zero-order chi connectivity index (χ0) is 56.3. The van der Waals surface area contributed by atoms with Crippen LogP contribution in [0.15, 0.2) is 54.6 Å². The van der Waals surface area contributed by atoms with E-state index in [1.54, 1.807) is 96.1 Å². The molecular weight excluding hydrogens is 1020 g/mol. The summed E-state index contributed by atoms with van der Waals surface area (Å²) in [6.45, 7) is 11.2. The Hall–Kier alpha value is -7.37. The summed E-state index contributed by atoms with van der Waals surface area (Å²) in [5, 5.41) is 12.8. The van der Waals surface area contributed by atoms with Gasteiger partial charge in [0.2, 0.25) is 35.4 Å². The van der Waals surface area contributed by atoms with E-state index in [0.717, 1.165) is 4.90 Å². The molecule has 4 aliphatic heterocycles. The summed E-state index contributed by atoms with van der Waals surface area (Å²) >= 11 is 1.30. The van der Waals surface area contributed by atoms with Gasteiger partial charge in [-0.3, -0.25) is 53.0 Å². The van der Waals surface area contributed by atoms with E-state index in [1.807, 2.05) is 0 Å². The number of carbonyl (C=O) groups is 12. The van der Waals surface area contributed by atoms with Crippen LogP contribution in [0.4, 0.5) is 15.3 Å². The first-order chi connectivity index (χ1) is 36.5. The van der Waals surface area contributed by atoms with E-state index in [2.05, 4.69) is 26.6 Å². The molecule has 0 bridgehead atoms. The van der Waals surface area contributed by atoms with E-state index in [-0.39, 0.29) is 87.3 Å². The van der Waals surface area contributed by atoms with E-state index in [4.69, 9.17) is 10.5 Å². The number of piperazine rings is 1. The van der Waals surface area contributed by atoms with Gasteiger partial charge >= 0.3 is 29.8 Å². The van der Waals surface area contributed by atoms with Crippen molar-refractivity contribution in [3.63, 3.8) is 0 Å². The largest absolute Gasteiger partial charge is 0.459 e. The van der Waals surface area contributed by atoms with Crippen molar-refractivity contribution in [2.24, 2.45) is 23.5 Å². The fourth-order valence-electron chi connectivity index (χ4n) is 9.78. The van der Waals surface area contributed by atoms with Crippen LogP contribution in [0.1, 0.15) is 110 Å². The molecule has 24 heteroatoms. The van der Waals surface area contributed by atoms with Gasteiger partial charge < -0.3 is 46.9 Å². The van der Waals surface area contributed by atoms with E-state index in [9.17, 15) is 57.5 Å². The van der Waals surface area contributed by atoms with Gasteiger partial charge in [-0.15, -0.1) is 11.8 Å². The predicted octanol–water partition coefficient (Wildman–Crippen LogP) is 2.48. The maximum Gasteiger partial charge on any atom is 0.330 e. The Labute approximate surface area is 451 Å². The number of ketones is 1. The van der Waals surface area contributed by atoms with Gasteiger partial charge in [0.05, 0.1) is 6.04 Å². The molecule has 4 aliphatic rings. The van der Waals surface area contributed by atoms with Crippen LogP contribution in [0.3, 0.4) is 0 Å². The highest BCUT2D eigenvalue weighted by atomic mass is 32.2. The molecule has 0 radical (unpaired) electrons. The number of carbonyl (C=O) groups excluding carboxylic acids is 12. The van der Waals surface area contributed by atoms with Crippen molar-refractivity contribution in [3.05, 3.63) is 65.7 Å². The zero-order valence-electron chi connectivity index (χ0n) is 44.3. The Bertz CT molecular complexity index is 2600. The van der Waals surface area contributed by atoms with Crippen molar-refractivity contribution in [2.75, 3.05) is 38.0 Å². The van der Waals surface area contributed by atoms with Crippen LogP contribution in [0, 0.1) is 17.8 Å². The van der Waals surface area contributed by atoms with Crippen molar-refractivity contribution in [3.8, 4) is 0 Å². The number of rotatable bonds is 25. The Kier molecular flexibility index (Phi) is 20.0. The fraction of sp³-hybridized carbons (Fsp3) is 0.547. The van der Waals surface area contributed by atoms with Gasteiger partial charge in [-0.05, 0) is 75.6 Å². The highest BCUT2D eigenvalue weighted by molar-refractivity contribution is 8.01. The van der Waals surface area contributed by atoms with Gasteiger partial charge in [-0.1, -0.05) is 69.7 Å². The lowest BCUT2D eigenvalue weighted by Crippen LogP contribution is -2.71. The number of unbranched alkanes of at least 4 members (excludes halogenated alkanes) is 2. The molecule has 12 amide bonds. The molecule has 7 N–H and O–H groups in total. The molecule has 0 spiro atoms. The summed E-state index contributed by atoms with van der Waals surface area (Å²) in [4.78, 5) is 161. The van der Waals surface area contributed by atoms with E-state index in [0.29, 0.717) is 55.6 Å². The third-order valence-electron chi connectivity index (χ3n) is 14.1. The van der Waals surface area contributed by atoms with Crippen LogP contribution in [-0.2, 0) is 59.3 Å². The van der Waals surface area contributed by atoms with Gasteiger partial charge in [0.25, 0.3) is 0 Å². The third-order valence-corrected chi connectivity index (χ3v) is 15.7. The number of likely N-dealkylation sites (N-methyl/N-ethyl adjacent to an activating group) is 1. The van der Waals surface area contributed by atoms with Crippen LogP contribution < -0.4 is 32.3 Å². The Morgan fingerprint density at radius 1 is 0.844 bits per heavy atom. The fourth-order valence-corrected chi connectivity index (χ4v) is 11.4. The maximum absolute atomic E-state index is 13.9. The number of nitrogens with two attached hydrogens (primary N) is 1. The number of hydrogen-bond acceptors (Lipinski definition) is 14. The molecule has 0 saturated carbocycles. The van der Waals surface area contributed by atoms with E-state index >= 15 is 0 Å². The second-order valence-corrected chi connectivity index (χ2v) is 22.3. The number of Topliss-reactive ketones (excluding diaryl/α,β-unsaturated/α-hetero) is 1. The van der Waals surface area contributed by atoms with Crippen LogP contribution in [0.5, 0.6) is 0 Å². The molecule has 4 heterocycles. The number of β-lactam (4-membered cyclic amide) rings is 1. The highest BCUT2D eigenvalue weighted by Gasteiger charge is 2.64. The van der Waals surface area contributed by atoms with Gasteiger partial charge in [-0.25, -0.2) is 14.4 Å². The lowest BCUT2D eigenvalue weighted by atomic mass is 9.89. The normalized spacial score (nSPS) is 20.9. The number of nitrogens with zero attached hydrogens (tertiary/aromatic N) is 4. The number of primary amides is 1. The summed E-state index contributed by atoms with van der Waals surface area (Å²) in [6.07, 6.45) is 2.27. The number of amides is 12. The molecule has 0 aromatic heterocycles. The average molecular weight is 1090 g/mol. The van der Waals surface area contributed by atoms with Crippen LogP contribution in [0.25, 0.3) is 0 Å². The minimum Gasteiger partial charge on any atom is -0.459 e. The quantitative estimate of drug-likeness (QED) is 0.0274. The van der Waals surface area contributed by atoms with E-state index < -0.39 is 87.8 Å². The minimum atomic E-state index is -1.35. The number of urea groups is 2. The first-order valence-electron chi connectivity index (χ1n) is 26.0. The molecule has 0 aliphatic carbocycles. The number of fused-ring (bicyclic) bond motifs is 1. The van der Waals surface area contributed by atoms with Crippen molar-refractivity contribution in [1.82, 2.24) is 40.9 Å². The zero-order valence-corrected chi connectivity index (χ0v) is 45.1. The Morgan fingerprint density at radius 3 is 2.18 bits per heavy atom. The number of benzene rings is 2. The SMILES string of the molecule is CCN1CCN(C(=O)N[C@@H](C(=O)N[C@@H]2C(=O)N3[C@@H]2SC(C)(C)[C@@H]3C(=O)OCc2ccc(NC(=O)[C@H](CCCNC(N)=O)CC(=O)[C@@H](NC(=O)CCCCCN3C(=O)CC(C)C3=O)C(C)C)cc2)c2ccccc2)C(=O)C1=O. The molecule has 23 nitrogen and oxygen atoms in total. The maximum atomic E-state index is 13.9. The molecule has 2 aromatic carbocycles. The number of thioether (sulfide) groups is 1. The van der Waals surface area contributed by atoms with Crippen LogP contribution >= 0.6 is 11.8 Å². The van der Waals surface area contributed by atoms with Gasteiger partial charge in [0.15, 0.2) is 5.78 Å². The van der Waals surface area contributed by atoms with Crippen LogP contribution in [-0.4, -0.2) is 152 Å². The summed E-state index contributed by atoms with van der Waals surface area (Å²) in [5.41, 5.74) is 6.51. The van der Waals surface area contributed by atoms with E-state index in [1.165, 1.54) is 26.5 Å². The molecule has 416 valence electrons. The standard InChI is InChI=1S/C53H70N10O13S/c1-7-60-25-26-62(48(72)47(60)71)52(75)59-40(33-15-10-8-11-16-33)44(68)58-41-46(70)63-42(53(5,6)77-49(41)63)50(73)76-29-32-19-21-35(22-20-32)56-43(67)34(17-14-23-55-51(54)74)28-36(64)39(30(2)3)57-37(65)18-12-9-13-24-61-38(66)27-31(4)45(61)69/h8,10-11,15-16,19-22,30-31,34,39-42,49H,7,9,12-14,17-18,23-29H2,1-6H3,(H,56,67)(H,57,65)(H,58,68)(H,59,75)(H3,54,55,74)/t31?,34-,39+,40-,41-,42+,49-/m1/s1. The number of ether oxygens (including phenoxy) is 1. The van der Waals surface area contributed by atoms with Gasteiger partial charge in [-0.2, -0.15) is 0 Å². The molecule has 2 aromatic rings. The monoisotopic (exact) mass is 1090 g/mol. The van der Waals surface area contributed by atoms with Crippen molar-refractivity contribution in [2.45, 2.75) is 134 Å². The topological polar surface area (TPSA) is 313 Å². The molecule has 4 fully saturated rings. The first kappa shape index (κ1) is 58.9. The number of imide groups is 2. The molecule has 7 atom stereocenters. The minimum absolute atomic E-state index is 0.0727. The number of esters is 1. The lowest BCUT2D eigenvalue weighted by molar-refractivity contribution is -0.165. The van der Waals surface area contributed by atoms with Crippen molar-refractivity contribution in [1.29, 1.82) is 0 Å². The summed E-state index contributed by atoms with van der Waals surface area (Å²) in [7, 11) is 0. The number of anilines is 1. The molecule has 4 saturated heterocycles. The molecule has 77 heavy (non-hydrogen) atoms. The predicted molar refractivity (Wildman–Crippen MR) is 280 cm³/mol. The summed E-state index contributed by atoms with van der Waals surface area (Å²) in [5.74, 6) is -6.85. The summed E-state index contributed by atoms with van der Waals surface area (Å²) < 4.78 is 4.88. The molecular formula is C53H70N10O13S. The number of nitrogens with one attached hydrogen (secondary N) is 5. The second-order valence-electron chi connectivity index (χ2n) is 20.6. The smallest absolute Gasteiger partial charge is 0.330 e. The van der Waals surface area contributed by atoms with Crippen molar-refractivity contribution < 1.29 is 62.3 Å². The average Bonchev–Trinajstić information content (AvgIpc) is 3.95. The lowest BCUT2D eigenvalue weighted by Gasteiger charge is -2.44. The second kappa shape index (κ2) is 26.1. The third kappa shape index (κ3) is 14.6. The van der Waals surface area contributed by atoms with Gasteiger partial charge in [0, 0.05) is 74.3 Å². The number of likely N-dealkylation sites (tertiary alicyclic amines) is 1. The number of hydrogen-bond donors (Lipinski definition) is 6. The Balaban J connectivity index is 1.01. The Morgan fingerprint density at radius 2 is 1.55 bits per heavy atom. The molecule has 6 rings (SSSR count). The summed E-state index contributed by atoms with van der Waals surface area (Å²) in [6, 6.07) is 8.65. The van der Waals surface area contributed by atoms with Gasteiger partial charge in [0.1, 0.15) is 30.1 Å². The van der Waals surface area contributed by atoms with Crippen molar-refractivity contribution >= 4 is 88.5 Å². The highest BCUT2D eigenvalue weighted by Crippen LogP contribution is 2.51. The molecule has 1 unspecified atom stereocenters. The van der Waals surface area contributed by atoms with Crippen LogP contribution in [0.2, 0.25) is 0 Å². The first-order valence-corrected chi connectivity index (χ1v) is 26.9.